The van der Waals surface area contributed by atoms with Crippen LogP contribution in [-0.4, -0.2) is 43.1 Å². The summed E-state index contributed by atoms with van der Waals surface area (Å²) in [5.74, 6) is 0.559. The normalized spacial score (nSPS) is 22.8. The lowest BCUT2D eigenvalue weighted by Crippen LogP contribution is -2.57. The lowest BCUT2D eigenvalue weighted by Gasteiger charge is -2.49. The number of rotatable bonds is 9. The van der Waals surface area contributed by atoms with E-state index >= 15 is 0 Å². The van der Waals surface area contributed by atoms with Gasteiger partial charge in [-0.15, -0.1) is 6.58 Å². The van der Waals surface area contributed by atoms with Crippen LogP contribution in [0.5, 0.6) is 0 Å². The van der Waals surface area contributed by atoms with Crippen molar-refractivity contribution in [2.24, 2.45) is 10.4 Å². The van der Waals surface area contributed by atoms with Crippen LogP contribution in [0.25, 0.3) is 0 Å². The molecule has 2 rings (SSSR count). The predicted octanol–water partition coefficient (Wildman–Crippen LogP) is 3.53. The number of amidine groups is 1. The van der Waals surface area contributed by atoms with Gasteiger partial charge in [-0.1, -0.05) is 18.2 Å². The predicted molar refractivity (Wildman–Crippen MR) is 99.3 cm³/mol. The standard InChI is InChI=1S/C19H30N4/c1-3-4-5-6-7-8-12-22-17-9-11-19(14-17)15-23(16-19)18(20)10-13-21-2/h3,6-7,10,13,17,20,22H,1-2,4-5,8-9,11-12,14-16H2/b7-6-,13-10-,20-18?. The third-order valence-electron chi connectivity index (χ3n) is 4.88. The van der Waals surface area contributed by atoms with Gasteiger partial charge < -0.3 is 10.2 Å². The number of likely N-dealkylation sites (tertiary alicyclic amines) is 1. The fraction of sp³-hybridized carbons (Fsp3) is 0.579. The number of aliphatic imine (C=N–C) groups is 1. The SMILES string of the molecule is C=CCC/C=C\CCNC1CCC2(C1)CN(C(=N)/C=C\N=C)C2. The fourth-order valence-corrected chi connectivity index (χ4v) is 3.65. The molecule has 2 N–H and O–H groups in total. The Balaban J connectivity index is 1.61. The van der Waals surface area contributed by atoms with Crippen LogP contribution in [0, 0.1) is 10.8 Å². The van der Waals surface area contributed by atoms with Crippen molar-refractivity contribution < 1.29 is 0 Å². The second-order valence-corrected chi connectivity index (χ2v) is 6.76. The summed E-state index contributed by atoms with van der Waals surface area (Å²) in [5, 5.41) is 11.7. The molecule has 2 fully saturated rings. The molecule has 1 atom stereocenters. The topological polar surface area (TPSA) is 51.5 Å². The lowest BCUT2D eigenvalue weighted by atomic mass is 9.78. The maximum Gasteiger partial charge on any atom is 0.122 e. The van der Waals surface area contributed by atoms with Crippen LogP contribution in [0.2, 0.25) is 0 Å². The number of hydrogen-bond donors (Lipinski definition) is 2. The Bertz CT molecular complexity index is 472. The summed E-state index contributed by atoms with van der Waals surface area (Å²) < 4.78 is 0. The molecule has 1 spiro atoms. The zero-order chi connectivity index (χ0) is 16.5. The molecule has 4 heteroatoms. The third kappa shape index (κ3) is 5.17. The molecule has 4 nitrogen and oxygen atoms in total. The highest BCUT2D eigenvalue weighted by Crippen LogP contribution is 2.45. The van der Waals surface area contributed by atoms with Crippen molar-refractivity contribution >= 4 is 12.6 Å². The number of allylic oxidation sites excluding steroid dienone is 2. The molecule has 1 heterocycles. The number of unbranched alkanes of at least 4 members (excludes halogenated alkanes) is 1. The summed E-state index contributed by atoms with van der Waals surface area (Å²) in [6, 6.07) is 0.651. The summed E-state index contributed by atoms with van der Waals surface area (Å²) >= 11 is 0. The highest BCUT2D eigenvalue weighted by molar-refractivity contribution is 5.90. The van der Waals surface area contributed by atoms with E-state index < -0.39 is 0 Å². The van der Waals surface area contributed by atoms with E-state index in [1.807, 2.05) is 6.08 Å². The van der Waals surface area contributed by atoms with Crippen LogP contribution >= 0.6 is 0 Å². The number of nitrogens with one attached hydrogen (secondary N) is 2. The molecule has 0 amide bonds. The Hall–Kier alpha value is -1.68. The van der Waals surface area contributed by atoms with E-state index in [4.69, 9.17) is 5.41 Å². The van der Waals surface area contributed by atoms with Crippen molar-refractivity contribution in [2.75, 3.05) is 19.6 Å². The second-order valence-electron chi connectivity index (χ2n) is 6.76. The first-order valence-corrected chi connectivity index (χ1v) is 8.64. The quantitative estimate of drug-likeness (QED) is 0.296. The van der Waals surface area contributed by atoms with Gasteiger partial charge in [-0.3, -0.25) is 10.4 Å². The Morgan fingerprint density at radius 3 is 2.83 bits per heavy atom. The molecule has 1 saturated carbocycles. The molecule has 1 aliphatic carbocycles. The Kier molecular flexibility index (Phi) is 6.78. The molecular formula is C19H30N4. The summed E-state index contributed by atoms with van der Waals surface area (Å²) in [5.41, 5.74) is 0.444. The summed E-state index contributed by atoms with van der Waals surface area (Å²) in [6.07, 6.45) is 16.9. The summed E-state index contributed by atoms with van der Waals surface area (Å²) in [4.78, 5) is 5.80. The second kappa shape index (κ2) is 8.82. The Labute approximate surface area is 140 Å². The van der Waals surface area contributed by atoms with E-state index in [-0.39, 0.29) is 0 Å². The van der Waals surface area contributed by atoms with Crippen LogP contribution in [-0.2, 0) is 0 Å². The van der Waals surface area contributed by atoms with Crippen LogP contribution in [0.1, 0.15) is 38.5 Å². The molecule has 0 aromatic heterocycles. The first-order chi connectivity index (χ1) is 11.2. The Morgan fingerprint density at radius 1 is 1.30 bits per heavy atom. The van der Waals surface area contributed by atoms with Crippen molar-refractivity contribution in [3.63, 3.8) is 0 Å². The minimum atomic E-state index is 0.444. The van der Waals surface area contributed by atoms with Gasteiger partial charge in [-0.05, 0) is 57.9 Å². The molecule has 0 aromatic carbocycles. The van der Waals surface area contributed by atoms with Gasteiger partial charge in [0.05, 0.1) is 0 Å². The zero-order valence-corrected chi connectivity index (χ0v) is 14.1. The zero-order valence-electron chi connectivity index (χ0n) is 14.1. The van der Waals surface area contributed by atoms with E-state index in [2.05, 4.69) is 40.7 Å². The van der Waals surface area contributed by atoms with Gasteiger partial charge >= 0.3 is 0 Å². The van der Waals surface area contributed by atoms with Crippen LogP contribution in [0.4, 0.5) is 0 Å². The molecule has 23 heavy (non-hydrogen) atoms. The van der Waals surface area contributed by atoms with E-state index in [1.54, 1.807) is 12.3 Å². The number of nitrogens with zero attached hydrogens (tertiary/aromatic N) is 2. The van der Waals surface area contributed by atoms with Gasteiger partial charge in [0.25, 0.3) is 0 Å². The van der Waals surface area contributed by atoms with E-state index in [1.165, 1.54) is 19.3 Å². The van der Waals surface area contributed by atoms with Crippen LogP contribution in [0.3, 0.4) is 0 Å². The van der Waals surface area contributed by atoms with Crippen LogP contribution in [0.15, 0.2) is 42.1 Å². The molecule has 1 saturated heterocycles. The molecule has 126 valence electrons. The first-order valence-electron chi connectivity index (χ1n) is 8.64. The number of hydrogen-bond acceptors (Lipinski definition) is 3. The molecule has 2 aliphatic rings. The first kappa shape index (κ1) is 17.7. The molecule has 0 bridgehead atoms. The van der Waals surface area contributed by atoms with Gasteiger partial charge in [-0.25, -0.2) is 0 Å². The molecular weight excluding hydrogens is 284 g/mol. The highest BCUT2D eigenvalue weighted by Gasteiger charge is 2.48. The summed E-state index contributed by atoms with van der Waals surface area (Å²) in [6.45, 7) is 10.2. The highest BCUT2D eigenvalue weighted by atomic mass is 15.2. The maximum atomic E-state index is 7.97. The van der Waals surface area contributed by atoms with Gasteiger partial charge in [0.15, 0.2) is 0 Å². The molecule has 0 aromatic rings. The van der Waals surface area contributed by atoms with Gasteiger partial charge in [0.2, 0.25) is 0 Å². The van der Waals surface area contributed by atoms with Crippen LogP contribution < -0.4 is 5.32 Å². The minimum Gasteiger partial charge on any atom is -0.356 e. The monoisotopic (exact) mass is 314 g/mol. The average molecular weight is 314 g/mol. The van der Waals surface area contributed by atoms with Crippen molar-refractivity contribution in [3.05, 3.63) is 37.1 Å². The summed E-state index contributed by atoms with van der Waals surface area (Å²) in [7, 11) is 0. The molecule has 1 unspecified atom stereocenters. The molecule has 0 radical (unpaired) electrons. The van der Waals surface area contributed by atoms with Gasteiger partial charge in [0.1, 0.15) is 5.84 Å². The average Bonchev–Trinajstić information content (AvgIpc) is 2.95. The third-order valence-corrected chi connectivity index (χ3v) is 4.88. The van der Waals surface area contributed by atoms with E-state index in [0.717, 1.165) is 38.9 Å². The van der Waals surface area contributed by atoms with E-state index in [9.17, 15) is 0 Å². The maximum absolute atomic E-state index is 7.97. The lowest BCUT2D eigenvalue weighted by molar-refractivity contribution is 0.0638. The van der Waals surface area contributed by atoms with Gasteiger partial charge in [0, 0.05) is 30.7 Å². The minimum absolute atomic E-state index is 0.444. The van der Waals surface area contributed by atoms with Crippen molar-refractivity contribution in [1.29, 1.82) is 5.41 Å². The van der Waals surface area contributed by atoms with Gasteiger partial charge in [-0.2, -0.15) is 0 Å². The van der Waals surface area contributed by atoms with Crippen molar-refractivity contribution in [2.45, 2.75) is 44.6 Å². The van der Waals surface area contributed by atoms with Crippen molar-refractivity contribution in [1.82, 2.24) is 10.2 Å². The fourth-order valence-electron chi connectivity index (χ4n) is 3.65. The van der Waals surface area contributed by atoms with E-state index in [0.29, 0.717) is 17.3 Å². The smallest absolute Gasteiger partial charge is 0.122 e. The largest absolute Gasteiger partial charge is 0.356 e. The Morgan fingerprint density at radius 2 is 2.09 bits per heavy atom. The van der Waals surface area contributed by atoms with Crippen molar-refractivity contribution in [3.8, 4) is 0 Å². The molecule has 1 aliphatic heterocycles.